The predicted octanol–water partition coefficient (Wildman–Crippen LogP) is 1.15. The molecule has 17 heteroatoms. The third kappa shape index (κ3) is 14.5. The number of unbranched alkanes of at least 4 members (excludes halogenated alkanes) is 1. The van der Waals surface area contributed by atoms with E-state index < -0.39 is 71.9 Å². The number of carbonyl (C=O) groups excluding carboxylic acids is 6. The smallest absolute Gasteiger partial charge is 0.326 e. The second kappa shape index (κ2) is 23.1. The fraction of sp³-hybridized carbons (Fsp3) is 0.690. The molecule has 2 aliphatic rings. The minimum absolute atomic E-state index is 0.0156. The van der Waals surface area contributed by atoms with E-state index in [4.69, 9.17) is 11.5 Å². The van der Waals surface area contributed by atoms with E-state index >= 15 is 0 Å². The average molecular weight is 829 g/mol. The summed E-state index contributed by atoms with van der Waals surface area (Å²) in [4.78, 5) is 97.7. The van der Waals surface area contributed by atoms with Gasteiger partial charge in [-0.25, -0.2) is 4.79 Å². The molecule has 0 saturated carbocycles. The maximum atomic E-state index is 14.2. The summed E-state index contributed by atoms with van der Waals surface area (Å²) >= 11 is 0. The Balaban J connectivity index is 1.73. The van der Waals surface area contributed by atoms with E-state index in [1.54, 1.807) is 12.1 Å². The Morgan fingerprint density at radius 2 is 1.27 bits per heavy atom. The van der Waals surface area contributed by atoms with E-state index in [1.165, 1.54) is 21.9 Å². The average Bonchev–Trinajstić information content (AvgIpc) is 3.87. The van der Waals surface area contributed by atoms with Crippen LogP contribution in [-0.4, -0.2) is 123 Å². The van der Waals surface area contributed by atoms with Crippen LogP contribution in [0.15, 0.2) is 24.3 Å². The van der Waals surface area contributed by atoms with Crippen molar-refractivity contribution in [1.82, 2.24) is 31.1 Å². The molecule has 0 aliphatic carbocycles. The number of phenolic OH excluding ortho intramolecular Hbond substituents is 1. The van der Waals surface area contributed by atoms with Crippen LogP contribution >= 0.6 is 0 Å². The van der Waals surface area contributed by atoms with Gasteiger partial charge in [0.2, 0.25) is 35.4 Å². The molecule has 2 aliphatic heterocycles. The first-order chi connectivity index (χ1) is 27.8. The third-order valence-electron chi connectivity index (χ3n) is 10.9. The topological polar surface area (TPSA) is 267 Å². The number of nitrogens with two attached hydrogens (primary N) is 2. The number of carboxylic acid groups (broad SMARTS) is 1. The Bertz CT molecular complexity index is 1600. The fourth-order valence-electron chi connectivity index (χ4n) is 7.66. The lowest BCUT2D eigenvalue weighted by molar-refractivity contribution is -0.148. The zero-order valence-electron chi connectivity index (χ0n) is 35.6. The highest BCUT2D eigenvalue weighted by Gasteiger charge is 2.45. The van der Waals surface area contributed by atoms with Gasteiger partial charge in [0.15, 0.2) is 0 Å². The van der Waals surface area contributed by atoms with Gasteiger partial charge in [-0.1, -0.05) is 60.1 Å². The molecule has 17 nitrogen and oxygen atoms in total. The Morgan fingerprint density at radius 3 is 1.81 bits per heavy atom. The Hall–Kier alpha value is -4.77. The molecule has 59 heavy (non-hydrogen) atoms. The highest BCUT2D eigenvalue weighted by molar-refractivity contribution is 5.97. The molecule has 0 bridgehead atoms. The predicted molar refractivity (Wildman–Crippen MR) is 221 cm³/mol. The number of amides is 6. The number of carbonyl (C=O) groups is 7. The number of benzene rings is 1. The summed E-state index contributed by atoms with van der Waals surface area (Å²) in [6.45, 7) is 12.2. The number of hydrogen-bond acceptors (Lipinski definition) is 10. The molecule has 2 fully saturated rings. The van der Waals surface area contributed by atoms with E-state index in [0.717, 1.165) is 6.42 Å². The van der Waals surface area contributed by atoms with Gasteiger partial charge >= 0.3 is 5.97 Å². The highest BCUT2D eigenvalue weighted by atomic mass is 16.4. The molecular weight excluding hydrogens is 761 g/mol. The molecule has 0 spiro atoms. The van der Waals surface area contributed by atoms with Crippen molar-refractivity contribution in [1.29, 1.82) is 0 Å². The highest BCUT2D eigenvalue weighted by Crippen LogP contribution is 2.27. The van der Waals surface area contributed by atoms with Crippen molar-refractivity contribution >= 4 is 41.4 Å². The second-order valence-electron chi connectivity index (χ2n) is 17.2. The number of nitrogens with zero attached hydrogens (tertiary/aromatic N) is 2. The standard InChI is InChI=1S/C42H68N8O9/c1-24(2)21-30(38(54)47-32(42(58)59)23-27-14-16-28(51)17-15-27)45-37(53)31(22-25(3)4)46-39(55)33-12-9-19-49(33)40(56)34-13-10-20-50(34)41(57)35(26(5)6)48-36(52)29(44)11-7-8-18-43/h14-17,24-26,29-35,51H,7-13,18-23,43-44H2,1-6H3,(H,45,53)(H,46,55)(H,47,54)(H,48,52)(H,58,59)/t29-,30-,31-,32-,33-,34-,35-/m0/s1. The molecule has 6 amide bonds. The van der Waals surface area contributed by atoms with Gasteiger partial charge in [-0.05, 0) is 93.4 Å². The first-order valence-corrected chi connectivity index (χ1v) is 21.1. The largest absolute Gasteiger partial charge is 0.508 e. The maximum Gasteiger partial charge on any atom is 0.326 e. The molecule has 10 N–H and O–H groups in total. The quantitative estimate of drug-likeness (QED) is 0.0769. The number of aromatic hydroxyl groups is 1. The monoisotopic (exact) mass is 829 g/mol. The minimum atomic E-state index is -1.31. The summed E-state index contributed by atoms with van der Waals surface area (Å²) in [5, 5.41) is 30.4. The first kappa shape index (κ1) is 48.6. The van der Waals surface area contributed by atoms with Crippen LogP contribution in [0.3, 0.4) is 0 Å². The maximum absolute atomic E-state index is 14.2. The number of carboxylic acids is 1. The van der Waals surface area contributed by atoms with E-state index in [9.17, 15) is 43.8 Å². The van der Waals surface area contributed by atoms with Gasteiger partial charge < -0.3 is 52.7 Å². The van der Waals surface area contributed by atoms with E-state index in [-0.39, 0.29) is 61.1 Å². The molecule has 3 rings (SSSR count). The van der Waals surface area contributed by atoms with Crippen molar-refractivity contribution in [2.24, 2.45) is 29.2 Å². The normalized spacial score (nSPS) is 19.2. The summed E-state index contributed by atoms with van der Waals surface area (Å²) in [6.07, 6.45) is 4.01. The lowest BCUT2D eigenvalue weighted by Gasteiger charge is -2.34. The molecule has 2 heterocycles. The lowest BCUT2D eigenvalue weighted by atomic mass is 9.99. The van der Waals surface area contributed by atoms with E-state index in [2.05, 4.69) is 21.3 Å². The second-order valence-corrected chi connectivity index (χ2v) is 17.2. The molecule has 0 radical (unpaired) electrons. The van der Waals surface area contributed by atoms with Crippen molar-refractivity contribution in [3.8, 4) is 5.75 Å². The molecule has 2 saturated heterocycles. The van der Waals surface area contributed by atoms with Crippen LogP contribution in [0.1, 0.15) is 105 Å². The van der Waals surface area contributed by atoms with Gasteiger partial charge in [0, 0.05) is 19.5 Å². The SMILES string of the molecule is CC(C)C[C@H](NC(=O)[C@H](CC(C)C)NC(=O)[C@@H]1CCCN1C(=O)[C@@H]1CCCN1C(=O)[C@@H](NC(=O)[C@@H](N)CCCCN)C(C)C)C(=O)N[C@@H](Cc1ccc(O)cc1)C(=O)O. The summed E-state index contributed by atoms with van der Waals surface area (Å²) in [6, 6.07) is -0.988. The summed E-state index contributed by atoms with van der Waals surface area (Å²) in [5.74, 6) is -4.73. The van der Waals surface area contributed by atoms with Crippen molar-refractivity contribution in [2.45, 2.75) is 148 Å². The van der Waals surface area contributed by atoms with Gasteiger partial charge in [-0.3, -0.25) is 28.8 Å². The van der Waals surface area contributed by atoms with Gasteiger partial charge in [-0.15, -0.1) is 0 Å². The molecule has 0 unspecified atom stereocenters. The van der Waals surface area contributed by atoms with Gasteiger partial charge in [0.05, 0.1) is 6.04 Å². The van der Waals surface area contributed by atoms with Crippen LogP contribution in [0.4, 0.5) is 0 Å². The van der Waals surface area contributed by atoms with E-state index in [0.29, 0.717) is 57.2 Å². The Kier molecular flexibility index (Phi) is 19.1. The number of rotatable bonds is 22. The van der Waals surface area contributed by atoms with Crippen molar-refractivity contribution < 1.29 is 43.8 Å². The van der Waals surface area contributed by atoms with Crippen LogP contribution < -0.4 is 32.7 Å². The van der Waals surface area contributed by atoms with Crippen molar-refractivity contribution in [3.63, 3.8) is 0 Å². The summed E-state index contributed by atoms with van der Waals surface area (Å²) in [7, 11) is 0. The van der Waals surface area contributed by atoms with Crippen LogP contribution in [0.25, 0.3) is 0 Å². The summed E-state index contributed by atoms with van der Waals surface area (Å²) < 4.78 is 0. The van der Waals surface area contributed by atoms with Gasteiger partial charge in [0.1, 0.15) is 42.0 Å². The van der Waals surface area contributed by atoms with Crippen LogP contribution in [0, 0.1) is 17.8 Å². The zero-order chi connectivity index (χ0) is 44.0. The van der Waals surface area contributed by atoms with Crippen LogP contribution in [-0.2, 0) is 40.0 Å². The van der Waals surface area contributed by atoms with E-state index in [1.807, 2.05) is 41.5 Å². The van der Waals surface area contributed by atoms with Gasteiger partial charge in [-0.2, -0.15) is 0 Å². The lowest BCUT2D eigenvalue weighted by Crippen LogP contribution is -2.60. The van der Waals surface area contributed by atoms with Gasteiger partial charge in [0.25, 0.3) is 0 Å². The minimum Gasteiger partial charge on any atom is -0.508 e. The number of aliphatic carboxylic acids is 1. The molecular formula is C42H68N8O9. The molecule has 0 aromatic heterocycles. The number of phenols is 1. The van der Waals surface area contributed by atoms with Crippen molar-refractivity contribution in [3.05, 3.63) is 29.8 Å². The fourth-order valence-corrected chi connectivity index (χ4v) is 7.66. The van der Waals surface area contributed by atoms with Crippen LogP contribution in [0.5, 0.6) is 5.75 Å². The Labute approximate surface area is 348 Å². The molecule has 330 valence electrons. The third-order valence-corrected chi connectivity index (χ3v) is 10.9. The molecule has 1 aromatic carbocycles. The molecule has 7 atom stereocenters. The Morgan fingerprint density at radius 1 is 0.729 bits per heavy atom. The summed E-state index contributed by atoms with van der Waals surface area (Å²) in [5.41, 5.74) is 12.2. The van der Waals surface area contributed by atoms with Crippen molar-refractivity contribution in [2.75, 3.05) is 19.6 Å². The molecule has 1 aromatic rings. The first-order valence-electron chi connectivity index (χ1n) is 21.1. The zero-order valence-corrected chi connectivity index (χ0v) is 35.6. The number of likely N-dealkylation sites (tertiary alicyclic amines) is 2. The number of hydrogen-bond donors (Lipinski definition) is 8. The number of nitrogens with one attached hydrogen (secondary N) is 4. The van der Waals surface area contributed by atoms with Crippen LogP contribution in [0.2, 0.25) is 0 Å².